The predicted octanol–water partition coefficient (Wildman–Crippen LogP) is 4.35. The molecule has 0 bridgehead atoms. The standard InChI is InChI=1S/C22H20N2O3/c1-16-7-11-19(12-8-16)22(18-5-3-2-4-6-18)23-21(25)15-17-9-13-20(14-10-17)24(26)27/h2-14,22H,15H2,1H3,(H,23,25). The number of nitrogens with one attached hydrogen (secondary N) is 1. The van der Waals surface area contributed by atoms with Crippen LogP contribution < -0.4 is 5.32 Å². The molecule has 5 heteroatoms. The lowest BCUT2D eigenvalue weighted by Gasteiger charge is -2.20. The van der Waals surface area contributed by atoms with E-state index in [2.05, 4.69) is 5.32 Å². The van der Waals surface area contributed by atoms with Crippen molar-refractivity contribution in [2.24, 2.45) is 0 Å². The Balaban J connectivity index is 1.78. The third-order valence-corrected chi connectivity index (χ3v) is 4.36. The second-order valence-electron chi connectivity index (χ2n) is 6.42. The van der Waals surface area contributed by atoms with Gasteiger partial charge in [-0.15, -0.1) is 0 Å². The molecule has 0 fully saturated rings. The van der Waals surface area contributed by atoms with Crippen molar-refractivity contribution >= 4 is 11.6 Å². The van der Waals surface area contributed by atoms with Crippen LogP contribution in [0.25, 0.3) is 0 Å². The zero-order valence-electron chi connectivity index (χ0n) is 15.0. The molecule has 0 spiro atoms. The maximum absolute atomic E-state index is 12.6. The molecule has 0 aliphatic heterocycles. The lowest BCUT2D eigenvalue weighted by atomic mass is 9.97. The number of carbonyl (C=O) groups excluding carboxylic acids is 1. The number of amides is 1. The smallest absolute Gasteiger partial charge is 0.269 e. The van der Waals surface area contributed by atoms with Crippen LogP contribution in [0.5, 0.6) is 0 Å². The average Bonchev–Trinajstić information content (AvgIpc) is 2.68. The van der Waals surface area contributed by atoms with Crippen LogP contribution in [0.2, 0.25) is 0 Å². The fraction of sp³-hybridized carbons (Fsp3) is 0.136. The topological polar surface area (TPSA) is 72.2 Å². The molecular formula is C22H20N2O3. The lowest BCUT2D eigenvalue weighted by Crippen LogP contribution is -2.30. The number of hydrogen-bond acceptors (Lipinski definition) is 3. The Kier molecular flexibility index (Phi) is 5.61. The van der Waals surface area contributed by atoms with Gasteiger partial charge in [0.15, 0.2) is 0 Å². The molecule has 3 aromatic carbocycles. The van der Waals surface area contributed by atoms with E-state index in [9.17, 15) is 14.9 Å². The molecule has 0 heterocycles. The number of aryl methyl sites for hydroxylation is 1. The van der Waals surface area contributed by atoms with Crippen molar-refractivity contribution in [3.63, 3.8) is 0 Å². The summed E-state index contributed by atoms with van der Waals surface area (Å²) in [6.07, 6.45) is 0.160. The molecule has 0 saturated heterocycles. The molecule has 136 valence electrons. The van der Waals surface area contributed by atoms with E-state index in [1.807, 2.05) is 61.5 Å². The third-order valence-electron chi connectivity index (χ3n) is 4.36. The number of hydrogen-bond donors (Lipinski definition) is 1. The molecule has 0 saturated carbocycles. The van der Waals surface area contributed by atoms with E-state index in [-0.39, 0.29) is 24.1 Å². The van der Waals surface area contributed by atoms with Crippen molar-refractivity contribution in [2.45, 2.75) is 19.4 Å². The van der Waals surface area contributed by atoms with Gasteiger partial charge in [-0.1, -0.05) is 72.3 Å². The average molecular weight is 360 g/mol. The van der Waals surface area contributed by atoms with Gasteiger partial charge in [-0.25, -0.2) is 0 Å². The Labute approximate surface area is 157 Å². The Bertz CT molecular complexity index is 920. The number of nitro benzene ring substituents is 1. The molecule has 0 aliphatic carbocycles. The second-order valence-corrected chi connectivity index (χ2v) is 6.42. The first-order chi connectivity index (χ1) is 13.0. The molecule has 1 amide bonds. The molecule has 1 unspecified atom stereocenters. The number of carbonyl (C=O) groups is 1. The van der Waals surface area contributed by atoms with Gasteiger partial charge in [-0.2, -0.15) is 0 Å². The highest BCUT2D eigenvalue weighted by Gasteiger charge is 2.17. The van der Waals surface area contributed by atoms with E-state index in [1.54, 1.807) is 12.1 Å². The van der Waals surface area contributed by atoms with Gasteiger partial charge >= 0.3 is 0 Å². The normalized spacial score (nSPS) is 11.6. The Morgan fingerprint density at radius 1 is 0.926 bits per heavy atom. The number of nitro groups is 1. The number of benzene rings is 3. The maximum Gasteiger partial charge on any atom is 0.269 e. The Hall–Kier alpha value is -3.47. The molecule has 5 nitrogen and oxygen atoms in total. The van der Waals surface area contributed by atoms with E-state index < -0.39 is 4.92 Å². The quantitative estimate of drug-likeness (QED) is 0.525. The van der Waals surface area contributed by atoms with Crippen LogP contribution in [0.15, 0.2) is 78.9 Å². The van der Waals surface area contributed by atoms with Crippen LogP contribution in [0.3, 0.4) is 0 Å². The molecule has 1 atom stereocenters. The summed E-state index contributed by atoms with van der Waals surface area (Å²) >= 11 is 0. The van der Waals surface area contributed by atoms with Crippen LogP contribution >= 0.6 is 0 Å². The van der Waals surface area contributed by atoms with Gasteiger partial charge in [-0.3, -0.25) is 14.9 Å². The zero-order valence-corrected chi connectivity index (χ0v) is 15.0. The fourth-order valence-electron chi connectivity index (χ4n) is 2.90. The molecular weight excluding hydrogens is 340 g/mol. The highest BCUT2D eigenvalue weighted by atomic mass is 16.6. The Morgan fingerprint density at radius 2 is 1.52 bits per heavy atom. The summed E-state index contributed by atoms with van der Waals surface area (Å²) in [6, 6.07) is 23.7. The van der Waals surface area contributed by atoms with Gasteiger partial charge in [0.05, 0.1) is 17.4 Å². The maximum atomic E-state index is 12.6. The first-order valence-electron chi connectivity index (χ1n) is 8.67. The lowest BCUT2D eigenvalue weighted by molar-refractivity contribution is -0.384. The first kappa shape index (κ1) is 18.3. The van der Waals surface area contributed by atoms with Crippen LogP contribution in [-0.4, -0.2) is 10.8 Å². The van der Waals surface area contributed by atoms with Crippen LogP contribution in [0, 0.1) is 17.0 Å². The molecule has 3 aromatic rings. The van der Waals surface area contributed by atoms with Crippen molar-refractivity contribution in [2.75, 3.05) is 0 Å². The van der Waals surface area contributed by atoms with Crippen LogP contribution in [0.4, 0.5) is 5.69 Å². The predicted molar refractivity (Wildman–Crippen MR) is 104 cm³/mol. The van der Waals surface area contributed by atoms with Crippen molar-refractivity contribution in [1.29, 1.82) is 0 Å². The minimum absolute atomic E-state index is 0.0148. The molecule has 3 rings (SSSR count). The summed E-state index contributed by atoms with van der Waals surface area (Å²) < 4.78 is 0. The van der Waals surface area contributed by atoms with E-state index in [1.165, 1.54) is 12.1 Å². The molecule has 0 radical (unpaired) electrons. The van der Waals surface area contributed by atoms with E-state index in [0.717, 1.165) is 22.3 Å². The largest absolute Gasteiger partial charge is 0.345 e. The van der Waals surface area contributed by atoms with E-state index in [4.69, 9.17) is 0 Å². The first-order valence-corrected chi connectivity index (χ1v) is 8.67. The van der Waals surface area contributed by atoms with Gasteiger partial charge in [-0.05, 0) is 23.6 Å². The summed E-state index contributed by atoms with van der Waals surface area (Å²) in [5.41, 5.74) is 3.90. The second kappa shape index (κ2) is 8.27. The van der Waals surface area contributed by atoms with Crippen molar-refractivity contribution in [3.8, 4) is 0 Å². The van der Waals surface area contributed by atoms with Gasteiger partial charge in [0, 0.05) is 12.1 Å². The summed E-state index contributed by atoms with van der Waals surface area (Å²) in [7, 11) is 0. The number of rotatable bonds is 6. The molecule has 0 aromatic heterocycles. The highest BCUT2D eigenvalue weighted by molar-refractivity contribution is 5.79. The summed E-state index contributed by atoms with van der Waals surface area (Å²) in [6.45, 7) is 2.02. The summed E-state index contributed by atoms with van der Waals surface area (Å²) in [5, 5.41) is 13.8. The SMILES string of the molecule is Cc1ccc(C(NC(=O)Cc2ccc([N+](=O)[O-])cc2)c2ccccc2)cc1. The third kappa shape index (κ3) is 4.79. The highest BCUT2D eigenvalue weighted by Crippen LogP contribution is 2.23. The van der Waals surface area contributed by atoms with E-state index >= 15 is 0 Å². The van der Waals surface area contributed by atoms with Gasteiger partial charge < -0.3 is 5.32 Å². The van der Waals surface area contributed by atoms with Crippen molar-refractivity contribution < 1.29 is 9.72 Å². The summed E-state index contributed by atoms with van der Waals surface area (Å²) in [5.74, 6) is -0.140. The number of nitrogens with zero attached hydrogens (tertiary/aromatic N) is 1. The monoisotopic (exact) mass is 360 g/mol. The van der Waals surface area contributed by atoms with Crippen molar-refractivity contribution in [1.82, 2.24) is 5.32 Å². The Morgan fingerprint density at radius 3 is 2.11 bits per heavy atom. The molecule has 27 heavy (non-hydrogen) atoms. The van der Waals surface area contributed by atoms with Gasteiger partial charge in [0.25, 0.3) is 5.69 Å². The molecule has 1 N–H and O–H groups in total. The fourth-order valence-corrected chi connectivity index (χ4v) is 2.90. The van der Waals surface area contributed by atoms with Crippen LogP contribution in [-0.2, 0) is 11.2 Å². The minimum atomic E-state index is -0.452. The van der Waals surface area contributed by atoms with Gasteiger partial charge in [0.2, 0.25) is 5.91 Å². The minimum Gasteiger partial charge on any atom is -0.345 e. The number of non-ortho nitro benzene ring substituents is 1. The van der Waals surface area contributed by atoms with Gasteiger partial charge in [0.1, 0.15) is 0 Å². The zero-order chi connectivity index (χ0) is 19.2. The summed E-state index contributed by atoms with van der Waals surface area (Å²) in [4.78, 5) is 22.9. The molecule has 0 aliphatic rings. The van der Waals surface area contributed by atoms with Crippen LogP contribution in [0.1, 0.15) is 28.3 Å². The van der Waals surface area contributed by atoms with E-state index in [0.29, 0.717) is 0 Å². The van der Waals surface area contributed by atoms with Crippen molar-refractivity contribution in [3.05, 3.63) is 111 Å².